The smallest absolute Gasteiger partial charge is 0.129 e. The fraction of sp³-hybridized carbons (Fsp3) is 0.286. The van der Waals surface area contributed by atoms with Crippen LogP contribution in [0.1, 0.15) is 12.6 Å². The molecule has 0 radical (unpaired) electrons. The van der Waals surface area contributed by atoms with Crippen molar-refractivity contribution in [3.63, 3.8) is 0 Å². The first-order chi connectivity index (χ1) is 4.88. The highest BCUT2D eigenvalue weighted by molar-refractivity contribution is 5.40. The zero-order valence-electron chi connectivity index (χ0n) is 5.74. The van der Waals surface area contributed by atoms with Gasteiger partial charge in [0.05, 0.1) is 5.69 Å². The highest BCUT2D eigenvalue weighted by Crippen LogP contribution is 2.14. The molecular weight excluding hydrogens is 128 g/mol. The standard InChI is InChI=1S/C7H8N2O/c1-2-6-7(9-10)4-3-5-8-6/h3-5H,2H2,1H3. The van der Waals surface area contributed by atoms with E-state index in [2.05, 4.69) is 10.2 Å². The first kappa shape index (κ1) is 6.86. The van der Waals surface area contributed by atoms with E-state index in [0.29, 0.717) is 5.69 Å². The molecule has 0 spiro atoms. The molecule has 0 saturated carbocycles. The van der Waals surface area contributed by atoms with Gasteiger partial charge in [-0.3, -0.25) is 4.98 Å². The van der Waals surface area contributed by atoms with Gasteiger partial charge in [-0.2, -0.15) is 0 Å². The molecule has 0 N–H and O–H groups in total. The van der Waals surface area contributed by atoms with E-state index in [-0.39, 0.29) is 0 Å². The Hall–Kier alpha value is -1.25. The third kappa shape index (κ3) is 1.18. The summed E-state index contributed by atoms with van der Waals surface area (Å²) in [5, 5.41) is 2.83. The van der Waals surface area contributed by atoms with Crippen molar-refractivity contribution in [3.8, 4) is 0 Å². The van der Waals surface area contributed by atoms with Crippen LogP contribution in [0.2, 0.25) is 0 Å². The molecule has 52 valence electrons. The zero-order valence-corrected chi connectivity index (χ0v) is 5.74. The van der Waals surface area contributed by atoms with Gasteiger partial charge in [-0.25, -0.2) is 0 Å². The van der Waals surface area contributed by atoms with Crippen LogP contribution >= 0.6 is 0 Å². The van der Waals surface area contributed by atoms with E-state index in [1.165, 1.54) is 0 Å². The molecule has 0 aliphatic carbocycles. The summed E-state index contributed by atoms with van der Waals surface area (Å²) in [5.41, 5.74) is 1.21. The number of aryl methyl sites for hydroxylation is 1. The molecule has 0 atom stereocenters. The van der Waals surface area contributed by atoms with Crippen LogP contribution in [-0.4, -0.2) is 4.98 Å². The number of pyridine rings is 1. The van der Waals surface area contributed by atoms with Gasteiger partial charge in [0.15, 0.2) is 0 Å². The van der Waals surface area contributed by atoms with Crippen LogP contribution < -0.4 is 0 Å². The van der Waals surface area contributed by atoms with Crippen molar-refractivity contribution in [1.82, 2.24) is 4.98 Å². The Morgan fingerprint density at radius 1 is 1.70 bits per heavy atom. The molecular formula is C7H8N2O. The molecule has 0 unspecified atom stereocenters. The lowest BCUT2D eigenvalue weighted by Gasteiger charge is -1.94. The van der Waals surface area contributed by atoms with E-state index in [0.717, 1.165) is 12.1 Å². The third-order valence-corrected chi connectivity index (χ3v) is 1.30. The van der Waals surface area contributed by atoms with Crippen molar-refractivity contribution in [2.75, 3.05) is 0 Å². The minimum Gasteiger partial charge on any atom is -0.259 e. The number of hydrogen-bond acceptors (Lipinski definition) is 3. The molecule has 0 aliphatic heterocycles. The number of nitrogens with zero attached hydrogens (tertiary/aromatic N) is 2. The summed E-state index contributed by atoms with van der Waals surface area (Å²) in [6, 6.07) is 3.37. The van der Waals surface area contributed by atoms with Gasteiger partial charge in [0.1, 0.15) is 5.69 Å². The molecule has 0 amide bonds. The SMILES string of the molecule is CCc1ncccc1N=O. The molecule has 0 bridgehead atoms. The van der Waals surface area contributed by atoms with Gasteiger partial charge in [0, 0.05) is 6.20 Å². The molecule has 3 heteroatoms. The topological polar surface area (TPSA) is 42.3 Å². The molecule has 3 nitrogen and oxygen atoms in total. The summed E-state index contributed by atoms with van der Waals surface area (Å²) < 4.78 is 0. The second-order valence-electron chi connectivity index (χ2n) is 1.91. The van der Waals surface area contributed by atoms with Crippen LogP contribution in [0.5, 0.6) is 0 Å². The van der Waals surface area contributed by atoms with E-state index in [1.54, 1.807) is 18.3 Å². The third-order valence-electron chi connectivity index (χ3n) is 1.30. The molecule has 1 heterocycles. The Balaban J connectivity index is 3.08. The lowest BCUT2D eigenvalue weighted by atomic mass is 10.2. The van der Waals surface area contributed by atoms with Gasteiger partial charge < -0.3 is 0 Å². The monoisotopic (exact) mass is 136 g/mol. The maximum atomic E-state index is 10.1. The molecule has 1 aromatic rings. The quantitative estimate of drug-likeness (QED) is 0.584. The molecule has 0 aromatic carbocycles. The van der Waals surface area contributed by atoms with Gasteiger partial charge in [0.2, 0.25) is 0 Å². The predicted molar refractivity (Wildman–Crippen MR) is 39.1 cm³/mol. The van der Waals surface area contributed by atoms with Crippen molar-refractivity contribution in [3.05, 3.63) is 28.9 Å². The van der Waals surface area contributed by atoms with Crippen LogP contribution in [-0.2, 0) is 6.42 Å². The number of nitroso groups, excluding NO2 is 1. The van der Waals surface area contributed by atoms with Crippen molar-refractivity contribution in [1.29, 1.82) is 0 Å². The molecule has 0 aliphatic rings. The molecule has 0 fully saturated rings. The van der Waals surface area contributed by atoms with E-state index < -0.39 is 0 Å². The van der Waals surface area contributed by atoms with Gasteiger partial charge in [-0.1, -0.05) is 6.92 Å². The maximum Gasteiger partial charge on any atom is 0.129 e. The van der Waals surface area contributed by atoms with Gasteiger partial charge >= 0.3 is 0 Å². The minimum absolute atomic E-state index is 0.449. The van der Waals surface area contributed by atoms with Crippen molar-refractivity contribution in [2.45, 2.75) is 13.3 Å². The van der Waals surface area contributed by atoms with Crippen LogP contribution in [0.25, 0.3) is 0 Å². The highest BCUT2D eigenvalue weighted by atomic mass is 16.3. The summed E-state index contributed by atoms with van der Waals surface area (Å²) in [6.07, 6.45) is 2.41. The van der Waals surface area contributed by atoms with Crippen molar-refractivity contribution < 1.29 is 0 Å². The van der Waals surface area contributed by atoms with Crippen molar-refractivity contribution >= 4 is 5.69 Å². The van der Waals surface area contributed by atoms with Crippen LogP contribution in [0.4, 0.5) is 5.69 Å². The minimum atomic E-state index is 0.449. The number of aromatic nitrogens is 1. The number of rotatable bonds is 2. The van der Waals surface area contributed by atoms with Crippen LogP contribution in [0, 0.1) is 4.91 Å². The molecule has 1 rings (SSSR count). The van der Waals surface area contributed by atoms with Gasteiger partial charge in [-0.15, -0.1) is 4.91 Å². The van der Waals surface area contributed by atoms with Crippen LogP contribution in [0.15, 0.2) is 23.5 Å². The lowest BCUT2D eigenvalue weighted by molar-refractivity contribution is 1.03. The summed E-state index contributed by atoms with van der Waals surface area (Å²) >= 11 is 0. The lowest BCUT2D eigenvalue weighted by Crippen LogP contribution is -1.84. The summed E-state index contributed by atoms with van der Waals surface area (Å²) in [5.74, 6) is 0. The van der Waals surface area contributed by atoms with E-state index >= 15 is 0 Å². The Bertz CT molecular complexity index is 235. The Labute approximate surface area is 59.1 Å². The largest absolute Gasteiger partial charge is 0.259 e. The predicted octanol–water partition coefficient (Wildman–Crippen LogP) is 2.04. The Morgan fingerprint density at radius 3 is 3.00 bits per heavy atom. The Morgan fingerprint density at radius 2 is 2.50 bits per heavy atom. The van der Waals surface area contributed by atoms with Crippen molar-refractivity contribution in [2.24, 2.45) is 5.18 Å². The fourth-order valence-electron chi connectivity index (χ4n) is 0.785. The second kappa shape index (κ2) is 3.06. The first-order valence-electron chi connectivity index (χ1n) is 3.15. The summed E-state index contributed by atoms with van der Waals surface area (Å²) in [4.78, 5) is 14.1. The second-order valence-corrected chi connectivity index (χ2v) is 1.91. The maximum absolute atomic E-state index is 10.1. The Kier molecular flexibility index (Phi) is 2.10. The van der Waals surface area contributed by atoms with E-state index in [9.17, 15) is 4.91 Å². The summed E-state index contributed by atoms with van der Waals surface area (Å²) in [7, 11) is 0. The summed E-state index contributed by atoms with van der Waals surface area (Å²) in [6.45, 7) is 1.94. The van der Waals surface area contributed by atoms with Gasteiger partial charge in [0.25, 0.3) is 0 Å². The average molecular weight is 136 g/mol. The molecule has 10 heavy (non-hydrogen) atoms. The highest BCUT2D eigenvalue weighted by Gasteiger charge is 1.98. The van der Waals surface area contributed by atoms with E-state index in [1.807, 2.05) is 6.92 Å². The van der Waals surface area contributed by atoms with Crippen LogP contribution in [0.3, 0.4) is 0 Å². The zero-order chi connectivity index (χ0) is 7.40. The van der Waals surface area contributed by atoms with E-state index in [4.69, 9.17) is 0 Å². The molecule has 1 aromatic heterocycles. The van der Waals surface area contributed by atoms with Gasteiger partial charge in [-0.05, 0) is 23.7 Å². The fourth-order valence-corrected chi connectivity index (χ4v) is 0.785. The average Bonchev–Trinajstić information content (AvgIpc) is 2.04. The number of hydrogen-bond donors (Lipinski definition) is 0. The normalized spacial score (nSPS) is 9.30. The molecule has 0 saturated heterocycles. The first-order valence-corrected chi connectivity index (χ1v) is 3.15.